The Balaban J connectivity index is 1.96. The first-order valence-electron chi connectivity index (χ1n) is 6.22. The van der Waals surface area contributed by atoms with Crippen LogP contribution >= 0.6 is 0 Å². The number of fused-ring (bicyclic) bond motifs is 1. The van der Waals surface area contributed by atoms with Crippen LogP contribution in [-0.4, -0.2) is 26.8 Å². The highest BCUT2D eigenvalue weighted by molar-refractivity contribution is 5.88. The normalized spacial score (nSPS) is 10.7. The van der Waals surface area contributed by atoms with Crippen LogP contribution in [0.2, 0.25) is 0 Å². The molecule has 0 aliphatic heterocycles. The fourth-order valence-corrected chi connectivity index (χ4v) is 1.91. The predicted molar refractivity (Wildman–Crippen MR) is 77.0 cm³/mol. The molecule has 0 unspecified atom stereocenters. The largest absolute Gasteiger partial charge is 0.494 e. The highest BCUT2D eigenvalue weighted by Crippen LogP contribution is 2.25. The van der Waals surface area contributed by atoms with Crippen LogP contribution < -0.4 is 15.8 Å². The smallest absolute Gasteiger partial charge is 0.224 e. The lowest BCUT2D eigenvalue weighted by molar-refractivity contribution is 0.340. The molecule has 4 N–H and O–H groups in total. The Morgan fingerprint density at radius 3 is 3.10 bits per heavy atom. The molecule has 102 valence electrons. The van der Waals surface area contributed by atoms with Crippen molar-refractivity contribution in [1.82, 2.24) is 20.2 Å². The van der Waals surface area contributed by atoms with Gasteiger partial charge in [0.05, 0.1) is 18.2 Å². The number of anilines is 3. The number of nitrogens with zero attached hydrogens (tertiary/aromatic N) is 3. The molecule has 0 fully saturated rings. The van der Waals surface area contributed by atoms with Crippen LogP contribution in [0.25, 0.3) is 11.0 Å². The van der Waals surface area contributed by atoms with E-state index in [2.05, 4.69) is 25.5 Å². The van der Waals surface area contributed by atoms with E-state index in [-0.39, 0.29) is 5.95 Å². The van der Waals surface area contributed by atoms with Crippen molar-refractivity contribution in [2.75, 3.05) is 17.7 Å². The number of nitrogen functional groups attached to an aromatic ring is 1. The summed E-state index contributed by atoms with van der Waals surface area (Å²) in [6, 6.07) is 7.63. The highest BCUT2D eigenvalue weighted by Gasteiger charge is 2.08. The molecule has 20 heavy (non-hydrogen) atoms. The average molecular weight is 270 g/mol. The summed E-state index contributed by atoms with van der Waals surface area (Å²) in [6.45, 7) is 2.57. The molecule has 3 rings (SSSR count). The molecule has 0 spiro atoms. The maximum atomic E-state index is 5.68. The molecular formula is C13H14N6O. The molecule has 0 radical (unpaired) electrons. The second-order valence-electron chi connectivity index (χ2n) is 4.15. The number of nitrogens with one attached hydrogen (secondary N) is 2. The van der Waals surface area contributed by atoms with Crippen molar-refractivity contribution in [3.05, 3.63) is 30.5 Å². The Morgan fingerprint density at radius 1 is 1.35 bits per heavy atom. The number of hydrogen-bond acceptors (Lipinski definition) is 6. The van der Waals surface area contributed by atoms with Crippen molar-refractivity contribution in [2.45, 2.75) is 6.92 Å². The first kappa shape index (κ1) is 12.2. The van der Waals surface area contributed by atoms with Crippen molar-refractivity contribution >= 4 is 28.5 Å². The minimum Gasteiger partial charge on any atom is -0.494 e. The van der Waals surface area contributed by atoms with Crippen LogP contribution in [0.5, 0.6) is 5.75 Å². The predicted octanol–water partition coefficient (Wildman–Crippen LogP) is 2.08. The van der Waals surface area contributed by atoms with E-state index in [0.29, 0.717) is 18.1 Å². The molecule has 0 aliphatic rings. The van der Waals surface area contributed by atoms with Crippen LogP contribution in [0.15, 0.2) is 30.5 Å². The van der Waals surface area contributed by atoms with Gasteiger partial charge < -0.3 is 15.8 Å². The molecule has 3 aromatic rings. The lowest BCUT2D eigenvalue weighted by Crippen LogP contribution is -2.01. The molecule has 2 heterocycles. The van der Waals surface area contributed by atoms with Gasteiger partial charge in [-0.1, -0.05) is 6.07 Å². The second kappa shape index (κ2) is 5.04. The Hall–Kier alpha value is -2.83. The lowest BCUT2D eigenvalue weighted by Gasteiger charge is -2.09. The van der Waals surface area contributed by atoms with E-state index in [9.17, 15) is 0 Å². The van der Waals surface area contributed by atoms with Crippen LogP contribution in [0.1, 0.15) is 6.92 Å². The zero-order valence-electron chi connectivity index (χ0n) is 10.9. The van der Waals surface area contributed by atoms with Gasteiger partial charge in [-0.25, -0.2) is 0 Å². The maximum Gasteiger partial charge on any atom is 0.224 e. The fourth-order valence-electron chi connectivity index (χ4n) is 1.91. The van der Waals surface area contributed by atoms with Crippen molar-refractivity contribution in [2.24, 2.45) is 0 Å². The van der Waals surface area contributed by atoms with Crippen molar-refractivity contribution in [3.8, 4) is 5.75 Å². The van der Waals surface area contributed by atoms with E-state index >= 15 is 0 Å². The lowest BCUT2D eigenvalue weighted by atomic mass is 10.3. The standard InChI is InChI=1S/C13H14N6O/c1-2-20-9-5-3-4-8(6-9)16-11-10-7-15-19-12(10)18-13(14)17-11/h3-7H,2H2,1H3,(H4,14,15,16,17,18,19). The minimum atomic E-state index is 0.185. The van der Waals surface area contributed by atoms with Crippen LogP contribution in [0.3, 0.4) is 0 Å². The minimum absolute atomic E-state index is 0.185. The van der Waals surface area contributed by atoms with Gasteiger partial charge in [0.25, 0.3) is 0 Å². The van der Waals surface area contributed by atoms with Gasteiger partial charge in [-0.15, -0.1) is 0 Å². The number of hydrogen-bond donors (Lipinski definition) is 3. The Kier molecular flexibility index (Phi) is 3.08. The van der Waals surface area contributed by atoms with E-state index in [1.165, 1.54) is 0 Å². The number of aromatic amines is 1. The van der Waals surface area contributed by atoms with Crippen LogP contribution in [-0.2, 0) is 0 Å². The zero-order valence-corrected chi connectivity index (χ0v) is 10.9. The first-order chi connectivity index (χ1) is 9.76. The molecule has 0 atom stereocenters. The number of aromatic nitrogens is 4. The third-order valence-electron chi connectivity index (χ3n) is 2.73. The van der Waals surface area contributed by atoms with Gasteiger partial charge in [0, 0.05) is 11.8 Å². The van der Waals surface area contributed by atoms with Gasteiger partial charge in [-0.05, 0) is 19.1 Å². The number of nitrogens with two attached hydrogens (primary N) is 1. The summed E-state index contributed by atoms with van der Waals surface area (Å²) in [5.74, 6) is 1.59. The molecule has 0 aliphatic carbocycles. The summed E-state index contributed by atoms with van der Waals surface area (Å²) in [5.41, 5.74) is 7.14. The summed E-state index contributed by atoms with van der Waals surface area (Å²) in [7, 11) is 0. The van der Waals surface area contributed by atoms with E-state index in [1.54, 1.807) is 6.20 Å². The summed E-state index contributed by atoms with van der Waals surface area (Å²) in [5, 5.41) is 10.7. The summed E-state index contributed by atoms with van der Waals surface area (Å²) in [4.78, 5) is 8.27. The van der Waals surface area contributed by atoms with Gasteiger partial charge >= 0.3 is 0 Å². The molecule has 0 saturated heterocycles. The van der Waals surface area contributed by atoms with Gasteiger partial charge in [-0.3, -0.25) is 5.10 Å². The number of benzene rings is 1. The second-order valence-corrected chi connectivity index (χ2v) is 4.15. The van der Waals surface area contributed by atoms with Gasteiger partial charge in [-0.2, -0.15) is 15.1 Å². The number of rotatable bonds is 4. The molecule has 7 nitrogen and oxygen atoms in total. The molecule has 0 amide bonds. The zero-order chi connectivity index (χ0) is 13.9. The number of ether oxygens (including phenoxy) is 1. The van der Waals surface area contributed by atoms with Gasteiger partial charge in [0.2, 0.25) is 5.95 Å². The monoisotopic (exact) mass is 270 g/mol. The maximum absolute atomic E-state index is 5.68. The molecule has 7 heteroatoms. The quantitative estimate of drug-likeness (QED) is 0.671. The molecular weight excluding hydrogens is 256 g/mol. The Labute approximate surface area is 115 Å². The van der Waals surface area contributed by atoms with Crippen molar-refractivity contribution < 1.29 is 4.74 Å². The highest BCUT2D eigenvalue weighted by atomic mass is 16.5. The summed E-state index contributed by atoms with van der Waals surface area (Å²) < 4.78 is 5.46. The Morgan fingerprint density at radius 2 is 2.25 bits per heavy atom. The number of H-pyrrole nitrogens is 1. The van der Waals surface area contributed by atoms with Crippen LogP contribution in [0.4, 0.5) is 17.5 Å². The van der Waals surface area contributed by atoms with Crippen molar-refractivity contribution in [3.63, 3.8) is 0 Å². The third-order valence-corrected chi connectivity index (χ3v) is 2.73. The summed E-state index contributed by atoms with van der Waals surface area (Å²) >= 11 is 0. The molecule has 2 aromatic heterocycles. The molecule has 1 aromatic carbocycles. The summed E-state index contributed by atoms with van der Waals surface area (Å²) in [6.07, 6.45) is 1.66. The van der Waals surface area contributed by atoms with E-state index in [0.717, 1.165) is 16.8 Å². The van der Waals surface area contributed by atoms with Gasteiger partial charge in [0.1, 0.15) is 11.6 Å². The topological polar surface area (TPSA) is 102 Å². The molecule has 0 bridgehead atoms. The van der Waals surface area contributed by atoms with E-state index in [4.69, 9.17) is 10.5 Å². The fraction of sp³-hybridized carbons (Fsp3) is 0.154. The third kappa shape index (κ3) is 2.33. The SMILES string of the molecule is CCOc1cccc(Nc2nc(N)nc3[nH]ncc23)c1. The van der Waals surface area contributed by atoms with Crippen LogP contribution in [0, 0.1) is 0 Å². The Bertz CT molecular complexity index is 739. The van der Waals surface area contributed by atoms with E-state index < -0.39 is 0 Å². The van der Waals surface area contributed by atoms with Gasteiger partial charge in [0.15, 0.2) is 5.65 Å². The average Bonchev–Trinajstić information content (AvgIpc) is 2.87. The molecule has 0 saturated carbocycles. The first-order valence-corrected chi connectivity index (χ1v) is 6.22. The van der Waals surface area contributed by atoms with Crippen molar-refractivity contribution in [1.29, 1.82) is 0 Å². The van der Waals surface area contributed by atoms with E-state index in [1.807, 2.05) is 31.2 Å².